The largest absolute Gasteiger partial charge is 0.373 e. The lowest BCUT2D eigenvalue weighted by Crippen LogP contribution is -2.61. The smallest absolute Gasteiger partial charge is 0.0753 e. The Balaban J connectivity index is 1.99. The summed E-state index contributed by atoms with van der Waals surface area (Å²) in [5, 5.41) is 3.39. The van der Waals surface area contributed by atoms with Crippen LogP contribution in [-0.4, -0.2) is 49.3 Å². The minimum atomic E-state index is 0.0633. The molecule has 1 N–H and O–H groups in total. The third-order valence-electron chi connectivity index (χ3n) is 2.72. The third kappa shape index (κ3) is 1.63. The number of ether oxygens (including phenoxy) is 1. The molecule has 2 aliphatic rings. The van der Waals surface area contributed by atoms with Crippen molar-refractivity contribution in [2.24, 2.45) is 0 Å². The maximum absolute atomic E-state index is 5.75. The first-order valence-corrected chi connectivity index (χ1v) is 4.76. The van der Waals surface area contributed by atoms with E-state index < -0.39 is 0 Å². The normalized spacial score (nSPS) is 36.0. The number of rotatable bonds is 0. The van der Waals surface area contributed by atoms with Gasteiger partial charge < -0.3 is 10.1 Å². The maximum atomic E-state index is 5.75. The molecule has 2 rings (SSSR count). The van der Waals surface area contributed by atoms with Crippen molar-refractivity contribution in [1.82, 2.24) is 10.2 Å². The zero-order chi connectivity index (χ0) is 8.60. The molecule has 12 heavy (non-hydrogen) atoms. The molecule has 0 aliphatic carbocycles. The second-order valence-electron chi connectivity index (χ2n) is 4.40. The number of piperazine rings is 1. The van der Waals surface area contributed by atoms with Crippen molar-refractivity contribution in [2.75, 3.05) is 32.8 Å². The molecule has 2 aliphatic heterocycles. The summed E-state index contributed by atoms with van der Waals surface area (Å²) in [5.41, 5.74) is 0.0633. The SMILES string of the molecule is CC1(C)CN2CCNCC2CO1. The summed E-state index contributed by atoms with van der Waals surface area (Å²) < 4.78 is 5.75. The standard InChI is InChI=1S/C9H18N2O/c1-9(2)7-11-4-3-10-5-8(11)6-12-9/h8,10H,3-7H2,1-2H3. The Hall–Kier alpha value is -0.120. The van der Waals surface area contributed by atoms with Gasteiger partial charge >= 0.3 is 0 Å². The van der Waals surface area contributed by atoms with Crippen LogP contribution >= 0.6 is 0 Å². The summed E-state index contributed by atoms with van der Waals surface area (Å²) in [6, 6.07) is 0.617. The van der Waals surface area contributed by atoms with E-state index in [1.165, 1.54) is 6.54 Å². The van der Waals surface area contributed by atoms with Crippen LogP contribution < -0.4 is 5.32 Å². The van der Waals surface area contributed by atoms with Crippen LogP contribution in [0.4, 0.5) is 0 Å². The van der Waals surface area contributed by atoms with E-state index in [0.29, 0.717) is 6.04 Å². The van der Waals surface area contributed by atoms with Crippen LogP contribution in [0.3, 0.4) is 0 Å². The van der Waals surface area contributed by atoms with Crippen molar-refractivity contribution in [3.05, 3.63) is 0 Å². The molecule has 1 unspecified atom stereocenters. The Morgan fingerprint density at radius 2 is 2.33 bits per heavy atom. The average Bonchev–Trinajstić information content (AvgIpc) is 2.02. The molecule has 0 aromatic rings. The van der Waals surface area contributed by atoms with E-state index >= 15 is 0 Å². The number of hydrogen-bond acceptors (Lipinski definition) is 3. The van der Waals surface area contributed by atoms with Gasteiger partial charge in [-0.1, -0.05) is 0 Å². The van der Waals surface area contributed by atoms with Gasteiger partial charge in [-0.05, 0) is 13.8 Å². The highest BCUT2D eigenvalue weighted by molar-refractivity contribution is 4.89. The van der Waals surface area contributed by atoms with Crippen LogP contribution in [0.15, 0.2) is 0 Å². The van der Waals surface area contributed by atoms with Crippen molar-refractivity contribution in [2.45, 2.75) is 25.5 Å². The molecule has 0 aromatic carbocycles. The second-order valence-corrected chi connectivity index (χ2v) is 4.40. The van der Waals surface area contributed by atoms with Gasteiger partial charge in [0.05, 0.1) is 12.2 Å². The Labute approximate surface area is 74.1 Å². The lowest BCUT2D eigenvalue weighted by atomic mass is 10.0. The number of nitrogens with zero attached hydrogens (tertiary/aromatic N) is 1. The summed E-state index contributed by atoms with van der Waals surface area (Å²) in [4.78, 5) is 2.54. The predicted octanol–water partition coefficient (Wildman–Crippen LogP) is 0.0690. The van der Waals surface area contributed by atoms with Gasteiger partial charge in [-0.3, -0.25) is 4.90 Å². The molecule has 0 saturated carbocycles. The van der Waals surface area contributed by atoms with E-state index in [1.807, 2.05) is 0 Å². The van der Waals surface area contributed by atoms with Crippen molar-refractivity contribution in [3.63, 3.8) is 0 Å². The Kier molecular flexibility index (Phi) is 2.10. The Morgan fingerprint density at radius 1 is 1.50 bits per heavy atom. The molecular weight excluding hydrogens is 152 g/mol. The number of morpholine rings is 1. The van der Waals surface area contributed by atoms with Gasteiger partial charge in [-0.25, -0.2) is 0 Å². The quantitative estimate of drug-likeness (QED) is 0.557. The molecule has 3 nitrogen and oxygen atoms in total. The summed E-state index contributed by atoms with van der Waals surface area (Å²) in [6.07, 6.45) is 0. The minimum Gasteiger partial charge on any atom is -0.373 e. The van der Waals surface area contributed by atoms with Gasteiger partial charge in [-0.15, -0.1) is 0 Å². The highest BCUT2D eigenvalue weighted by atomic mass is 16.5. The monoisotopic (exact) mass is 170 g/mol. The summed E-state index contributed by atoms with van der Waals surface area (Å²) >= 11 is 0. The first-order chi connectivity index (χ1) is 5.67. The molecule has 2 saturated heterocycles. The predicted molar refractivity (Wildman–Crippen MR) is 48.3 cm³/mol. The molecule has 3 heteroatoms. The van der Waals surface area contributed by atoms with Gasteiger partial charge in [0.25, 0.3) is 0 Å². The molecule has 2 heterocycles. The topological polar surface area (TPSA) is 24.5 Å². The summed E-state index contributed by atoms with van der Waals surface area (Å²) in [5.74, 6) is 0. The summed E-state index contributed by atoms with van der Waals surface area (Å²) in [6.45, 7) is 9.72. The molecule has 0 amide bonds. The first-order valence-electron chi connectivity index (χ1n) is 4.76. The van der Waals surface area contributed by atoms with Gasteiger partial charge in [0.1, 0.15) is 0 Å². The molecule has 0 bridgehead atoms. The molecular formula is C9H18N2O. The van der Waals surface area contributed by atoms with E-state index in [2.05, 4.69) is 24.1 Å². The van der Waals surface area contributed by atoms with Crippen molar-refractivity contribution in [1.29, 1.82) is 0 Å². The van der Waals surface area contributed by atoms with E-state index in [4.69, 9.17) is 4.74 Å². The molecule has 0 spiro atoms. The van der Waals surface area contributed by atoms with Crippen LogP contribution in [0.2, 0.25) is 0 Å². The van der Waals surface area contributed by atoms with Gasteiger partial charge in [0.2, 0.25) is 0 Å². The molecule has 1 atom stereocenters. The number of nitrogens with one attached hydrogen (secondary N) is 1. The molecule has 70 valence electrons. The maximum Gasteiger partial charge on any atom is 0.0753 e. The van der Waals surface area contributed by atoms with Crippen LogP contribution in [0.1, 0.15) is 13.8 Å². The first kappa shape index (κ1) is 8.48. The fraction of sp³-hybridized carbons (Fsp3) is 1.00. The number of hydrogen-bond donors (Lipinski definition) is 1. The van der Waals surface area contributed by atoms with Crippen molar-refractivity contribution >= 4 is 0 Å². The molecule has 0 aromatic heterocycles. The zero-order valence-electron chi connectivity index (χ0n) is 7.97. The van der Waals surface area contributed by atoms with Gasteiger partial charge in [0.15, 0.2) is 0 Å². The Morgan fingerprint density at radius 3 is 3.17 bits per heavy atom. The van der Waals surface area contributed by atoms with Crippen molar-refractivity contribution in [3.8, 4) is 0 Å². The van der Waals surface area contributed by atoms with Crippen molar-refractivity contribution < 1.29 is 4.74 Å². The van der Waals surface area contributed by atoms with E-state index in [1.54, 1.807) is 0 Å². The van der Waals surface area contributed by atoms with Crippen LogP contribution in [0, 0.1) is 0 Å². The van der Waals surface area contributed by atoms with Crippen LogP contribution in [0.5, 0.6) is 0 Å². The molecule has 0 radical (unpaired) electrons. The molecule has 2 fully saturated rings. The fourth-order valence-corrected chi connectivity index (χ4v) is 2.03. The Bertz CT molecular complexity index is 170. The zero-order valence-corrected chi connectivity index (χ0v) is 7.97. The third-order valence-corrected chi connectivity index (χ3v) is 2.72. The van der Waals surface area contributed by atoms with E-state index in [9.17, 15) is 0 Å². The highest BCUT2D eigenvalue weighted by Crippen LogP contribution is 2.20. The lowest BCUT2D eigenvalue weighted by molar-refractivity contribution is -0.119. The lowest BCUT2D eigenvalue weighted by Gasteiger charge is -2.46. The second kappa shape index (κ2) is 2.98. The highest BCUT2D eigenvalue weighted by Gasteiger charge is 2.34. The van der Waals surface area contributed by atoms with Gasteiger partial charge in [0, 0.05) is 32.2 Å². The van der Waals surface area contributed by atoms with Gasteiger partial charge in [-0.2, -0.15) is 0 Å². The fourth-order valence-electron chi connectivity index (χ4n) is 2.03. The summed E-state index contributed by atoms with van der Waals surface area (Å²) in [7, 11) is 0. The average molecular weight is 170 g/mol. The van der Waals surface area contributed by atoms with E-state index in [-0.39, 0.29) is 5.60 Å². The minimum absolute atomic E-state index is 0.0633. The van der Waals surface area contributed by atoms with E-state index in [0.717, 1.165) is 26.2 Å². The number of fused-ring (bicyclic) bond motifs is 1. The van der Waals surface area contributed by atoms with Crippen LogP contribution in [-0.2, 0) is 4.74 Å². The van der Waals surface area contributed by atoms with Crippen LogP contribution in [0.25, 0.3) is 0 Å².